The van der Waals surface area contributed by atoms with Crippen LogP contribution in [-0.4, -0.2) is 18.1 Å². The number of benzene rings is 1. The van der Waals surface area contributed by atoms with Crippen LogP contribution in [0.15, 0.2) is 30.5 Å². The largest absolute Gasteiger partial charge is 0.465 e. The number of esters is 1. The van der Waals surface area contributed by atoms with E-state index in [1.165, 1.54) is 7.11 Å². The molecule has 0 spiro atoms. The minimum Gasteiger partial charge on any atom is -0.465 e. The molecule has 0 aliphatic rings. The second kappa shape index (κ2) is 3.99. The zero-order valence-electron chi connectivity index (χ0n) is 9.58. The van der Waals surface area contributed by atoms with Gasteiger partial charge in [0.2, 0.25) is 0 Å². The molecule has 3 rings (SSSR count). The molecule has 4 nitrogen and oxygen atoms in total. The predicted molar refractivity (Wildman–Crippen MR) is 68.7 cm³/mol. The average Bonchev–Trinajstić information content (AvgIpc) is 2.78. The number of aromatic nitrogens is 2. The number of rotatable bonds is 1. The Morgan fingerprint density at radius 2 is 2.17 bits per heavy atom. The van der Waals surface area contributed by atoms with Gasteiger partial charge >= 0.3 is 5.97 Å². The highest BCUT2D eigenvalue weighted by molar-refractivity contribution is 6.36. The number of H-pyrrole nitrogens is 2. The Morgan fingerprint density at radius 3 is 2.94 bits per heavy atom. The van der Waals surface area contributed by atoms with Crippen molar-refractivity contribution >= 4 is 39.4 Å². The highest BCUT2D eigenvalue weighted by atomic mass is 35.5. The highest BCUT2D eigenvalue weighted by Crippen LogP contribution is 2.30. The number of nitrogens with one attached hydrogen (secondary N) is 2. The molecule has 2 aromatic heterocycles. The normalized spacial score (nSPS) is 11.0. The van der Waals surface area contributed by atoms with Crippen molar-refractivity contribution in [2.45, 2.75) is 0 Å². The SMILES string of the molecule is COC(=O)c1c[nH+]c(Cl)c2c1[nH]c1ccccc12. The molecule has 0 unspecified atom stereocenters. The summed E-state index contributed by atoms with van der Waals surface area (Å²) in [5.74, 6) is -0.403. The third kappa shape index (κ3) is 1.46. The zero-order valence-corrected chi connectivity index (χ0v) is 10.3. The molecule has 0 aliphatic carbocycles. The fraction of sp³-hybridized carbons (Fsp3) is 0.0769. The van der Waals surface area contributed by atoms with Crippen molar-refractivity contribution in [2.75, 3.05) is 7.11 Å². The van der Waals surface area contributed by atoms with Crippen molar-refractivity contribution in [1.29, 1.82) is 0 Å². The van der Waals surface area contributed by atoms with E-state index in [4.69, 9.17) is 16.3 Å². The van der Waals surface area contributed by atoms with Gasteiger partial charge in [0.25, 0.3) is 5.15 Å². The van der Waals surface area contributed by atoms with Gasteiger partial charge in [-0.15, -0.1) is 0 Å². The van der Waals surface area contributed by atoms with Crippen molar-refractivity contribution in [1.82, 2.24) is 4.98 Å². The lowest BCUT2D eigenvalue weighted by Gasteiger charge is -1.97. The maximum absolute atomic E-state index is 11.7. The second-order valence-corrected chi connectivity index (χ2v) is 4.31. The fourth-order valence-electron chi connectivity index (χ4n) is 2.12. The average molecular weight is 262 g/mol. The van der Waals surface area contributed by atoms with Crippen LogP contribution in [0.2, 0.25) is 5.15 Å². The lowest BCUT2D eigenvalue weighted by Crippen LogP contribution is -2.11. The first-order chi connectivity index (χ1) is 8.72. The first kappa shape index (κ1) is 11.0. The van der Waals surface area contributed by atoms with Crippen LogP contribution < -0.4 is 4.98 Å². The second-order valence-electron chi connectivity index (χ2n) is 3.93. The van der Waals surface area contributed by atoms with Crippen LogP contribution in [0.1, 0.15) is 10.4 Å². The monoisotopic (exact) mass is 261 g/mol. The summed E-state index contributed by atoms with van der Waals surface area (Å²) in [7, 11) is 1.35. The highest BCUT2D eigenvalue weighted by Gasteiger charge is 2.21. The number of methoxy groups -OCH3 is 1. The fourth-order valence-corrected chi connectivity index (χ4v) is 2.37. The molecule has 3 aromatic rings. The molecule has 90 valence electrons. The number of hydrogen-bond acceptors (Lipinski definition) is 2. The summed E-state index contributed by atoms with van der Waals surface area (Å²) in [4.78, 5) is 17.8. The minimum atomic E-state index is -0.403. The molecule has 0 bridgehead atoms. The lowest BCUT2D eigenvalue weighted by molar-refractivity contribution is -0.373. The predicted octanol–water partition coefficient (Wildman–Crippen LogP) is 2.58. The molecule has 0 radical (unpaired) electrons. The smallest absolute Gasteiger partial charge is 0.346 e. The van der Waals surface area contributed by atoms with Crippen LogP contribution in [0.4, 0.5) is 0 Å². The number of fused-ring (bicyclic) bond motifs is 3. The molecule has 0 aliphatic heterocycles. The summed E-state index contributed by atoms with van der Waals surface area (Å²) in [6, 6.07) is 7.74. The molecule has 0 saturated carbocycles. The zero-order chi connectivity index (χ0) is 12.7. The number of ether oxygens (including phenoxy) is 1. The molecule has 18 heavy (non-hydrogen) atoms. The molecule has 1 aromatic carbocycles. The number of aromatic amines is 2. The quantitative estimate of drug-likeness (QED) is 0.541. The van der Waals surface area contributed by atoms with Gasteiger partial charge in [-0.25, -0.2) is 4.79 Å². The molecule has 0 atom stereocenters. The molecule has 5 heteroatoms. The van der Waals surface area contributed by atoms with Crippen molar-refractivity contribution in [3.05, 3.63) is 41.2 Å². The molecule has 0 fully saturated rings. The molecular weight excluding hydrogens is 252 g/mol. The number of para-hydroxylation sites is 1. The Hall–Kier alpha value is -2.07. The van der Waals surface area contributed by atoms with E-state index < -0.39 is 5.97 Å². The molecule has 0 saturated heterocycles. The summed E-state index contributed by atoms with van der Waals surface area (Å²) in [5.41, 5.74) is 2.05. The summed E-state index contributed by atoms with van der Waals surface area (Å²) in [5, 5.41) is 2.27. The molecule has 0 amide bonds. The first-order valence-corrected chi connectivity index (χ1v) is 5.79. The van der Waals surface area contributed by atoms with Crippen LogP contribution >= 0.6 is 11.6 Å². The van der Waals surface area contributed by atoms with Crippen LogP contribution in [0, 0.1) is 0 Å². The van der Waals surface area contributed by atoms with Gasteiger partial charge in [0.05, 0.1) is 18.0 Å². The van der Waals surface area contributed by atoms with E-state index in [2.05, 4.69) is 9.97 Å². The van der Waals surface area contributed by atoms with E-state index in [0.29, 0.717) is 16.2 Å². The number of carbonyl (C=O) groups excluding carboxylic acids is 1. The van der Waals surface area contributed by atoms with Gasteiger partial charge in [-0.3, -0.25) is 0 Å². The van der Waals surface area contributed by atoms with E-state index in [-0.39, 0.29) is 0 Å². The van der Waals surface area contributed by atoms with Gasteiger partial charge < -0.3 is 9.72 Å². The Bertz CT molecular complexity index is 764. The van der Waals surface area contributed by atoms with E-state index in [1.807, 2.05) is 24.3 Å². The first-order valence-electron chi connectivity index (χ1n) is 5.41. The van der Waals surface area contributed by atoms with E-state index in [0.717, 1.165) is 16.3 Å². The molecule has 2 N–H and O–H groups in total. The van der Waals surface area contributed by atoms with Crippen LogP contribution in [0.5, 0.6) is 0 Å². The topological polar surface area (TPSA) is 56.2 Å². The Kier molecular flexibility index (Phi) is 2.45. The number of hydrogen-bond donors (Lipinski definition) is 1. The van der Waals surface area contributed by atoms with Crippen LogP contribution in [-0.2, 0) is 4.74 Å². The van der Waals surface area contributed by atoms with E-state index in [9.17, 15) is 4.79 Å². The van der Waals surface area contributed by atoms with Crippen LogP contribution in [0.25, 0.3) is 21.8 Å². The van der Waals surface area contributed by atoms with Gasteiger partial charge in [-0.2, -0.15) is 4.98 Å². The Morgan fingerprint density at radius 1 is 1.39 bits per heavy atom. The van der Waals surface area contributed by atoms with Crippen molar-refractivity contribution < 1.29 is 14.5 Å². The third-order valence-corrected chi connectivity index (χ3v) is 3.24. The van der Waals surface area contributed by atoms with Gasteiger partial charge in [-0.1, -0.05) is 18.2 Å². The summed E-state index contributed by atoms with van der Waals surface area (Å²) in [6.45, 7) is 0. The summed E-state index contributed by atoms with van der Waals surface area (Å²) >= 11 is 6.17. The van der Waals surface area contributed by atoms with Crippen molar-refractivity contribution in [2.24, 2.45) is 0 Å². The molecule has 2 heterocycles. The van der Waals surface area contributed by atoms with Gasteiger partial charge in [0, 0.05) is 10.9 Å². The van der Waals surface area contributed by atoms with E-state index >= 15 is 0 Å². The van der Waals surface area contributed by atoms with Gasteiger partial charge in [0.1, 0.15) is 5.56 Å². The van der Waals surface area contributed by atoms with Crippen LogP contribution in [0.3, 0.4) is 0 Å². The Balaban J connectivity index is 2.49. The number of halogens is 1. The van der Waals surface area contributed by atoms with Gasteiger partial charge in [-0.05, 0) is 17.7 Å². The maximum atomic E-state index is 11.7. The lowest BCUT2D eigenvalue weighted by atomic mass is 10.1. The summed E-state index contributed by atoms with van der Waals surface area (Å²) in [6.07, 6.45) is 1.55. The van der Waals surface area contributed by atoms with Crippen molar-refractivity contribution in [3.8, 4) is 0 Å². The van der Waals surface area contributed by atoms with E-state index in [1.54, 1.807) is 6.20 Å². The standard InChI is InChI=1S/C13H9ClN2O2/c1-18-13(17)8-6-15-12(14)10-7-4-2-3-5-9(7)16-11(8)10/h2-6,16H,1H3/p+1. The number of carbonyl (C=O) groups is 1. The number of pyridine rings is 1. The maximum Gasteiger partial charge on any atom is 0.346 e. The van der Waals surface area contributed by atoms with Gasteiger partial charge in [0.15, 0.2) is 6.20 Å². The molecular formula is C13H10ClN2O2+. The third-order valence-electron chi connectivity index (χ3n) is 2.94. The summed E-state index contributed by atoms with van der Waals surface area (Å²) < 4.78 is 4.76. The Labute approximate surface area is 108 Å². The van der Waals surface area contributed by atoms with Crippen molar-refractivity contribution in [3.63, 3.8) is 0 Å². The minimum absolute atomic E-state index is 0.403.